The normalized spacial score (nSPS) is 14.0. The van der Waals surface area contributed by atoms with Gasteiger partial charge in [-0.2, -0.15) is 0 Å². The molecule has 1 aliphatic rings. The summed E-state index contributed by atoms with van der Waals surface area (Å²) in [6.07, 6.45) is 2.23. The van der Waals surface area contributed by atoms with Gasteiger partial charge in [-0.05, 0) is 56.4 Å². The van der Waals surface area contributed by atoms with Gasteiger partial charge in [-0.25, -0.2) is 15.0 Å². The Labute approximate surface area is 294 Å². The molecule has 0 spiro atoms. The number of hydrogen-bond donors (Lipinski definition) is 1. The largest absolute Gasteiger partial charge is 0.440 e. The first-order chi connectivity index (χ1) is 25.2. The van der Waals surface area contributed by atoms with E-state index in [1.54, 1.807) is 0 Å². The van der Waals surface area contributed by atoms with Crippen molar-refractivity contribution in [3.05, 3.63) is 187 Å². The van der Waals surface area contributed by atoms with Gasteiger partial charge in [-0.3, -0.25) is 0 Å². The van der Waals surface area contributed by atoms with Crippen LogP contribution in [0.5, 0.6) is 0 Å². The molecule has 10 rings (SSSR count). The quantitative estimate of drug-likeness (QED) is 0.200. The molecule has 0 aliphatic carbocycles. The lowest BCUT2D eigenvalue weighted by Gasteiger charge is -2.23. The van der Waals surface area contributed by atoms with E-state index in [2.05, 4.69) is 127 Å². The van der Waals surface area contributed by atoms with Crippen molar-refractivity contribution >= 4 is 44.0 Å². The third-order valence-corrected chi connectivity index (χ3v) is 9.77. The van der Waals surface area contributed by atoms with Crippen LogP contribution in [0, 0.1) is 0 Å². The van der Waals surface area contributed by atoms with Crippen LogP contribution >= 0.6 is 0 Å². The zero-order chi connectivity index (χ0) is 33.7. The van der Waals surface area contributed by atoms with Gasteiger partial charge in [0.15, 0.2) is 17.5 Å². The first kappa shape index (κ1) is 29.1. The monoisotopic (exact) mass is 654 g/mol. The molecule has 0 saturated heterocycles. The third kappa shape index (κ3) is 5.15. The molecule has 240 valence electrons. The molecule has 1 atom stereocenters. The summed E-state index contributed by atoms with van der Waals surface area (Å²) in [5, 5.41) is 9.51. The van der Waals surface area contributed by atoms with Gasteiger partial charge < -0.3 is 9.73 Å². The van der Waals surface area contributed by atoms with E-state index < -0.39 is 0 Å². The number of rotatable bonds is 5. The average molecular weight is 655 g/mol. The predicted octanol–water partition coefficient (Wildman–Crippen LogP) is 11.5. The molecule has 9 aromatic rings. The van der Waals surface area contributed by atoms with Gasteiger partial charge in [0.05, 0.1) is 11.6 Å². The minimum absolute atomic E-state index is 0.168. The maximum absolute atomic E-state index is 6.47. The Hall–Kier alpha value is -6.85. The molecule has 0 bridgehead atoms. The summed E-state index contributed by atoms with van der Waals surface area (Å²) in [6.45, 7) is 0. The zero-order valence-corrected chi connectivity index (χ0v) is 27.5. The second-order valence-electron chi connectivity index (χ2n) is 12.9. The van der Waals surface area contributed by atoms with Crippen LogP contribution in [-0.4, -0.2) is 15.0 Å². The van der Waals surface area contributed by atoms with E-state index in [0.717, 1.165) is 44.4 Å². The highest BCUT2D eigenvalue weighted by Crippen LogP contribution is 2.44. The summed E-state index contributed by atoms with van der Waals surface area (Å²) in [5.41, 5.74) is 7.96. The number of nitrogens with zero attached hydrogens (tertiary/aromatic N) is 3. The molecule has 0 amide bonds. The van der Waals surface area contributed by atoms with Crippen LogP contribution in [0.15, 0.2) is 174 Å². The van der Waals surface area contributed by atoms with Crippen molar-refractivity contribution in [1.29, 1.82) is 0 Å². The molecule has 0 radical (unpaired) electrons. The molecule has 0 saturated carbocycles. The molecule has 3 heterocycles. The Balaban J connectivity index is 1.14. The maximum Gasteiger partial charge on any atom is 0.202 e. The van der Waals surface area contributed by atoms with Crippen LogP contribution in [-0.2, 0) is 0 Å². The SMILES string of the molecule is C1=C(c2nc(-c3ccccc3)nc(-c3ccc(-c4cccc5ccccc45)cc3)n2)c2c(oc3ccccc23)NC1c1ccc2ccccc2c1. The number of fused-ring (bicyclic) bond motifs is 5. The van der Waals surface area contributed by atoms with Crippen LogP contribution in [0.1, 0.15) is 23.0 Å². The second-order valence-corrected chi connectivity index (χ2v) is 12.9. The minimum atomic E-state index is -0.168. The van der Waals surface area contributed by atoms with Crippen molar-refractivity contribution in [2.24, 2.45) is 0 Å². The number of para-hydroxylation sites is 1. The number of hydrogen-bond acceptors (Lipinski definition) is 5. The van der Waals surface area contributed by atoms with Crippen molar-refractivity contribution in [3.63, 3.8) is 0 Å². The van der Waals surface area contributed by atoms with E-state index in [4.69, 9.17) is 19.4 Å². The first-order valence-electron chi connectivity index (χ1n) is 17.1. The number of anilines is 1. The fourth-order valence-electron chi connectivity index (χ4n) is 7.23. The van der Waals surface area contributed by atoms with E-state index >= 15 is 0 Å². The van der Waals surface area contributed by atoms with Gasteiger partial charge in [-0.15, -0.1) is 0 Å². The number of furan rings is 1. The van der Waals surface area contributed by atoms with Crippen LogP contribution < -0.4 is 5.32 Å². The Morgan fingerprint density at radius 3 is 1.92 bits per heavy atom. The van der Waals surface area contributed by atoms with E-state index in [-0.39, 0.29) is 6.04 Å². The molecule has 7 aromatic carbocycles. The van der Waals surface area contributed by atoms with Gasteiger partial charge in [-0.1, -0.05) is 152 Å². The van der Waals surface area contributed by atoms with Crippen molar-refractivity contribution in [2.75, 3.05) is 5.32 Å². The average Bonchev–Trinajstić information content (AvgIpc) is 3.59. The maximum atomic E-state index is 6.47. The number of nitrogens with one attached hydrogen (secondary N) is 1. The lowest BCUT2D eigenvalue weighted by molar-refractivity contribution is 0.618. The predicted molar refractivity (Wildman–Crippen MR) is 207 cm³/mol. The molecular formula is C46H30N4O. The molecule has 1 N–H and O–H groups in total. The number of benzene rings is 7. The zero-order valence-electron chi connectivity index (χ0n) is 27.5. The summed E-state index contributed by atoms with van der Waals surface area (Å²) in [7, 11) is 0. The lowest BCUT2D eigenvalue weighted by Crippen LogP contribution is -2.15. The van der Waals surface area contributed by atoms with Crippen molar-refractivity contribution in [2.45, 2.75) is 6.04 Å². The van der Waals surface area contributed by atoms with E-state index in [1.807, 2.05) is 48.5 Å². The van der Waals surface area contributed by atoms with Crippen molar-refractivity contribution in [1.82, 2.24) is 15.0 Å². The van der Waals surface area contributed by atoms with Crippen LogP contribution in [0.3, 0.4) is 0 Å². The molecule has 5 heteroatoms. The highest BCUT2D eigenvalue weighted by Gasteiger charge is 2.29. The molecule has 2 aromatic heterocycles. The molecule has 5 nitrogen and oxygen atoms in total. The Morgan fingerprint density at radius 2 is 1.10 bits per heavy atom. The topological polar surface area (TPSA) is 63.8 Å². The Bertz CT molecular complexity index is 2780. The van der Waals surface area contributed by atoms with E-state index in [9.17, 15) is 0 Å². The molecule has 51 heavy (non-hydrogen) atoms. The Kier molecular flexibility index (Phi) is 6.81. The van der Waals surface area contributed by atoms with Gasteiger partial charge in [0.25, 0.3) is 0 Å². The molecular weight excluding hydrogens is 625 g/mol. The standard InChI is InChI=1S/C46H30N4O/c1-2-13-32(14-3-1)43-48-44(33-24-22-31(23-25-33)37-19-10-16-30-12-6-7-17-36(30)37)50-45(49-43)39-28-40(35-26-21-29-11-4-5-15-34(29)27-35)47-46-42(39)38-18-8-9-20-41(38)51-46/h1-28,40,47H. The minimum Gasteiger partial charge on any atom is -0.440 e. The Morgan fingerprint density at radius 1 is 0.471 bits per heavy atom. The van der Waals surface area contributed by atoms with Crippen molar-refractivity contribution < 1.29 is 4.42 Å². The van der Waals surface area contributed by atoms with Gasteiger partial charge in [0.2, 0.25) is 5.88 Å². The number of aromatic nitrogens is 3. The van der Waals surface area contributed by atoms with E-state index in [0.29, 0.717) is 23.4 Å². The smallest absolute Gasteiger partial charge is 0.202 e. The fourth-order valence-corrected chi connectivity index (χ4v) is 7.23. The summed E-state index contributed by atoms with van der Waals surface area (Å²) < 4.78 is 6.47. The molecule has 1 unspecified atom stereocenters. The van der Waals surface area contributed by atoms with Crippen LogP contribution in [0.25, 0.3) is 72.0 Å². The first-order valence-corrected chi connectivity index (χ1v) is 17.1. The fraction of sp³-hybridized carbons (Fsp3) is 0.0217. The van der Waals surface area contributed by atoms with E-state index in [1.165, 1.54) is 27.1 Å². The molecule has 1 aliphatic heterocycles. The summed E-state index contributed by atoms with van der Waals surface area (Å²) in [4.78, 5) is 15.4. The van der Waals surface area contributed by atoms with Crippen molar-refractivity contribution in [3.8, 4) is 33.9 Å². The highest BCUT2D eigenvalue weighted by atomic mass is 16.4. The second kappa shape index (κ2) is 11.9. The molecule has 0 fully saturated rings. The summed E-state index contributed by atoms with van der Waals surface area (Å²) >= 11 is 0. The lowest BCUT2D eigenvalue weighted by atomic mass is 9.93. The van der Waals surface area contributed by atoms with Gasteiger partial charge in [0, 0.05) is 22.1 Å². The summed E-state index contributed by atoms with van der Waals surface area (Å²) in [6, 6.07) is 56.6. The summed E-state index contributed by atoms with van der Waals surface area (Å²) in [5.74, 6) is 2.52. The third-order valence-electron chi connectivity index (χ3n) is 9.77. The van der Waals surface area contributed by atoms with Gasteiger partial charge >= 0.3 is 0 Å². The van der Waals surface area contributed by atoms with Crippen LogP contribution in [0.2, 0.25) is 0 Å². The highest BCUT2D eigenvalue weighted by molar-refractivity contribution is 6.02. The van der Waals surface area contributed by atoms with Gasteiger partial charge in [0.1, 0.15) is 5.58 Å². The van der Waals surface area contributed by atoms with Crippen LogP contribution in [0.4, 0.5) is 5.88 Å².